The van der Waals surface area contributed by atoms with Crippen LogP contribution in [0.4, 0.5) is 0 Å². The highest BCUT2D eigenvalue weighted by atomic mass is 79.9. The molecule has 0 spiro atoms. The molecule has 0 aliphatic carbocycles. The van der Waals surface area contributed by atoms with E-state index in [2.05, 4.69) is 66.0 Å². The van der Waals surface area contributed by atoms with Crippen LogP contribution >= 0.6 is 59.1 Å². The predicted molar refractivity (Wildman–Crippen MR) is 91.0 cm³/mol. The highest BCUT2D eigenvalue weighted by molar-refractivity contribution is 9.11. The van der Waals surface area contributed by atoms with Crippen molar-refractivity contribution in [1.82, 2.24) is 0 Å². The van der Waals surface area contributed by atoms with Crippen molar-refractivity contribution in [3.8, 4) is 5.75 Å². The highest BCUT2D eigenvalue weighted by Crippen LogP contribution is 2.35. The molecule has 2 rings (SSSR count). The van der Waals surface area contributed by atoms with Crippen LogP contribution < -0.4 is 10.5 Å². The molecule has 19 heavy (non-hydrogen) atoms. The molecule has 0 radical (unpaired) electrons. The highest BCUT2D eigenvalue weighted by Gasteiger charge is 2.09. The molecule has 1 aromatic carbocycles. The van der Waals surface area contributed by atoms with Gasteiger partial charge in [0.05, 0.1) is 8.95 Å². The van der Waals surface area contributed by atoms with Crippen LogP contribution in [0.3, 0.4) is 0 Å². The zero-order valence-electron chi connectivity index (χ0n) is 9.96. The molecule has 0 aliphatic rings. The second-order valence-electron chi connectivity index (χ2n) is 3.95. The average molecular weight is 470 g/mol. The largest absolute Gasteiger partial charge is 0.486 e. The maximum absolute atomic E-state index is 5.86. The first kappa shape index (κ1) is 15.5. The van der Waals surface area contributed by atoms with Crippen molar-refractivity contribution in [1.29, 1.82) is 0 Å². The van der Waals surface area contributed by atoms with Crippen LogP contribution in [0, 0.1) is 0 Å². The number of hydrogen-bond acceptors (Lipinski definition) is 3. The molecule has 0 saturated carbocycles. The predicted octanol–water partition coefficient (Wildman–Crippen LogP) is 5.12. The summed E-state index contributed by atoms with van der Waals surface area (Å²) in [6, 6.07) is 6.17. The van der Waals surface area contributed by atoms with Crippen LogP contribution in [-0.2, 0) is 13.0 Å². The van der Waals surface area contributed by atoms with Gasteiger partial charge in [0.15, 0.2) is 0 Å². The van der Waals surface area contributed by atoms with Gasteiger partial charge in [-0.05, 0) is 84.5 Å². The quantitative estimate of drug-likeness (QED) is 0.660. The summed E-state index contributed by atoms with van der Waals surface area (Å²) in [6.07, 6.45) is 0.856. The normalized spacial score (nSPS) is 10.7. The van der Waals surface area contributed by atoms with Gasteiger partial charge in [0, 0.05) is 14.7 Å². The molecule has 102 valence electrons. The Morgan fingerprint density at radius 1 is 1.11 bits per heavy atom. The van der Waals surface area contributed by atoms with Crippen molar-refractivity contribution >= 4 is 59.1 Å². The maximum Gasteiger partial charge on any atom is 0.148 e. The monoisotopic (exact) mass is 467 g/mol. The van der Waals surface area contributed by atoms with E-state index in [0.29, 0.717) is 13.2 Å². The standard InChI is InChI=1S/C13H12Br3NOS/c14-9-5-10(19-7-9)6-18-13-11(15)3-8(1-2-17)4-12(13)16/h3-5,7H,1-2,6,17H2. The molecular weight excluding hydrogens is 458 g/mol. The van der Waals surface area contributed by atoms with Gasteiger partial charge >= 0.3 is 0 Å². The Bertz CT molecular complexity index is 548. The van der Waals surface area contributed by atoms with E-state index >= 15 is 0 Å². The van der Waals surface area contributed by atoms with E-state index in [9.17, 15) is 0 Å². The van der Waals surface area contributed by atoms with Gasteiger partial charge in [-0.25, -0.2) is 0 Å². The van der Waals surface area contributed by atoms with Crippen molar-refractivity contribution in [2.45, 2.75) is 13.0 Å². The molecule has 0 amide bonds. The van der Waals surface area contributed by atoms with E-state index in [1.54, 1.807) is 11.3 Å². The second-order valence-corrected chi connectivity index (χ2v) is 7.57. The molecule has 0 aliphatic heterocycles. The molecule has 2 N–H and O–H groups in total. The third kappa shape index (κ3) is 4.29. The van der Waals surface area contributed by atoms with E-state index in [4.69, 9.17) is 10.5 Å². The molecule has 0 atom stereocenters. The molecule has 0 fully saturated rings. The number of hydrogen-bond donors (Lipinski definition) is 1. The number of thiophene rings is 1. The lowest BCUT2D eigenvalue weighted by atomic mass is 10.1. The molecule has 2 aromatic rings. The third-order valence-electron chi connectivity index (χ3n) is 2.47. The molecule has 6 heteroatoms. The van der Waals surface area contributed by atoms with Gasteiger partial charge in [-0.2, -0.15) is 0 Å². The van der Waals surface area contributed by atoms with Crippen molar-refractivity contribution in [2.75, 3.05) is 6.54 Å². The summed E-state index contributed by atoms with van der Waals surface area (Å²) in [4.78, 5) is 1.18. The average Bonchev–Trinajstić information content (AvgIpc) is 2.74. The van der Waals surface area contributed by atoms with Gasteiger partial charge < -0.3 is 10.5 Å². The van der Waals surface area contributed by atoms with Gasteiger partial charge in [-0.3, -0.25) is 0 Å². The minimum atomic E-state index is 0.559. The van der Waals surface area contributed by atoms with E-state index in [-0.39, 0.29) is 0 Å². The lowest BCUT2D eigenvalue weighted by molar-refractivity contribution is 0.305. The lowest BCUT2D eigenvalue weighted by Gasteiger charge is -2.11. The second kappa shape index (κ2) is 7.22. The van der Waals surface area contributed by atoms with E-state index in [1.165, 1.54) is 10.4 Å². The number of ether oxygens (including phenoxy) is 1. The number of halogens is 3. The lowest BCUT2D eigenvalue weighted by Crippen LogP contribution is -2.03. The Morgan fingerprint density at radius 3 is 2.32 bits per heavy atom. The van der Waals surface area contributed by atoms with Gasteiger partial charge in [0.1, 0.15) is 12.4 Å². The van der Waals surface area contributed by atoms with Crippen molar-refractivity contribution in [3.63, 3.8) is 0 Å². The summed E-state index contributed by atoms with van der Waals surface area (Å²) < 4.78 is 8.85. The van der Waals surface area contributed by atoms with E-state index < -0.39 is 0 Å². The van der Waals surface area contributed by atoms with Crippen LogP contribution in [0.15, 0.2) is 37.0 Å². The van der Waals surface area contributed by atoms with Crippen molar-refractivity contribution in [3.05, 3.63) is 47.4 Å². The first-order chi connectivity index (χ1) is 9.10. The summed E-state index contributed by atoms with van der Waals surface area (Å²) >= 11 is 12.2. The van der Waals surface area contributed by atoms with Crippen LogP contribution in [0.25, 0.3) is 0 Å². The zero-order chi connectivity index (χ0) is 13.8. The summed E-state index contributed by atoms with van der Waals surface area (Å²) in [5.41, 5.74) is 6.76. The number of benzene rings is 1. The summed E-state index contributed by atoms with van der Waals surface area (Å²) in [5, 5.41) is 2.05. The van der Waals surface area contributed by atoms with Crippen molar-refractivity contribution < 1.29 is 4.74 Å². The van der Waals surface area contributed by atoms with Crippen molar-refractivity contribution in [2.24, 2.45) is 5.73 Å². The fraction of sp³-hybridized carbons (Fsp3) is 0.231. The Morgan fingerprint density at radius 2 is 1.79 bits per heavy atom. The minimum Gasteiger partial charge on any atom is -0.486 e. The van der Waals surface area contributed by atoms with Crippen LogP contribution in [0.2, 0.25) is 0 Å². The Hall–Kier alpha value is 0.120. The Labute approximate surface area is 141 Å². The molecule has 1 heterocycles. The summed E-state index contributed by atoms with van der Waals surface area (Å²) in [7, 11) is 0. The number of rotatable bonds is 5. The molecule has 0 bridgehead atoms. The smallest absolute Gasteiger partial charge is 0.148 e. The zero-order valence-corrected chi connectivity index (χ0v) is 15.5. The number of nitrogens with two attached hydrogens (primary N) is 1. The topological polar surface area (TPSA) is 35.2 Å². The molecule has 0 saturated heterocycles. The van der Waals surface area contributed by atoms with Crippen LogP contribution in [-0.4, -0.2) is 6.54 Å². The molecule has 1 aromatic heterocycles. The minimum absolute atomic E-state index is 0.559. The van der Waals surface area contributed by atoms with E-state index in [1.807, 2.05) is 5.38 Å². The van der Waals surface area contributed by atoms with Gasteiger partial charge in [0.2, 0.25) is 0 Å². The summed E-state index contributed by atoms with van der Waals surface area (Å²) in [6.45, 7) is 1.20. The maximum atomic E-state index is 5.86. The fourth-order valence-corrected chi connectivity index (χ4v) is 4.51. The first-order valence-corrected chi connectivity index (χ1v) is 8.89. The fourth-order valence-electron chi connectivity index (χ4n) is 1.63. The molecule has 0 unspecified atom stereocenters. The third-order valence-corrected chi connectivity index (χ3v) is 5.32. The molecular formula is C13H12Br3NOS. The van der Waals surface area contributed by atoms with Crippen LogP contribution in [0.1, 0.15) is 10.4 Å². The Kier molecular flexibility index (Phi) is 5.89. The first-order valence-electron chi connectivity index (χ1n) is 5.64. The van der Waals surface area contributed by atoms with E-state index in [0.717, 1.165) is 25.6 Å². The molecule has 2 nitrogen and oxygen atoms in total. The van der Waals surface area contributed by atoms with Gasteiger partial charge in [0.25, 0.3) is 0 Å². The SMILES string of the molecule is NCCc1cc(Br)c(OCc2cc(Br)cs2)c(Br)c1. The summed E-state index contributed by atoms with van der Waals surface area (Å²) in [5.74, 6) is 0.824. The van der Waals surface area contributed by atoms with Gasteiger partial charge in [-0.15, -0.1) is 11.3 Å². The van der Waals surface area contributed by atoms with Crippen LogP contribution in [0.5, 0.6) is 5.75 Å². The van der Waals surface area contributed by atoms with Gasteiger partial charge in [-0.1, -0.05) is 0 Å². The Balaban J connectivity index is 2.11.